The number of hydrogen-bond acceptors (Lipinski definition) is 6. The van der Waals surface area contributed by atoms with Crippen LogP contribution in [0.2, 0.25) is 0 Å². The minimum absolute atomic E-state index is 0.0455. The van der Waals surface area contributed by atoms with Crippen molar-refractivity contribution < 1.29 is 26.9 Å². The Bertz CT molecular complexity index is 1200. The van der Waals surface area contributed by atoms with Gasteiger partial charge in [-0.05, 0) is 49.4 Å². The van der Waals surface area contributed by atoms with E-state index in [2.05, 4.69) is 15.2 Å². The Morgan fingerprint density at radius 1 is 1.16 bits per heavy atom. The second-order valence-corrected chi connectivity index (χ2v) is 8.77. The van der Waals surface area contributed by atoms with Crippen LogP contribution in [0.15, 0.2) is 51.9 Å². The smallest absolute Gasteiger partial charge is 0.262 e. The second-order valence-electron chi connectivity index (χ2n) is 7.09. The quantitative estimate of drug-likeness (QED) is 0.559. The summed E-state index contributed by atoms with van der Waals surface area (Å²) in [5.41, 5.74) is 1.22. The van der Waals surface area contributed by atoms with E-state index in [4.69, 9.17) is 9.26 Å². The van der Waals surface area contributed by atoms with Crippen molar-refractivity contribution in [2.45, 2.75) is 31.6 Å². The van der Waals surface area contributed by atoms with Gasteiger partial charge in [0.2, 0.25) is 0 Å². The van der Waals surface area contributed by atoms with Crippen LogP contribution in [-0.4, -0.2) is 26.6 Å². The van der Waals surface area contributed by atoms with Crippen molar-refractivity contribution in [1.82, 2.24) is 5.16 Å². The number of aryl methyl sites for hydroxylation is 1. The summed E-state index contributed by atoms with van der Waals surface area (Å²) in [4.78, 5) is 12.7. The molecule has 2 aromatic carbocycles. The summed E-state index contributed by atoms with van der Waals surface area (Å²) in [6.07, 6.45) is 0. The molecule has 2 N–H and O–H groups in total. The third-order valence-electron chi connectivity index (χ3n) is 4.47. The van der Waals surface area contributed by atoms with Gasteiger partial charge in [0.1, 0.15) is 17.1 Å². The number of carbonyl (C=O) groups excluding carboxylic acids is 1. The van der Waals surface area contributed by atoms with E-state index < -0.39 is 21.7 Å². The van der Waals surface area contributed by atoms with Crippen molar-refractivity contribution in [3.63, 3.8) is 0 Å². The molecule has 3 rings (SSSR count). The maximum Gasteiger partial charge on any atom is 0.262 e. The zero-order valence-corrected chi connectivity index (χ0v) is 18.2. The number of carbonyl (C=O) groups is 1. The monoisotopic (exact) mass is 447 g/mol. The van der Waals surface area contributed by atoms with Crippen molar-refractivity contribution in [2.24, 2.45) is 0 Å². The van der Waals surface area contributed by atoms with E-state index in [1.165, 1.54) is 19.2 Å². The van der Waals surface area contributed by atoms with Gasteiger partial charge in [0.05, 0.1) is 23.4 Å². The third kappa shape index (κ3) is 4.85. The van der Waals surface area contributed by atoms with Crippen molar-refractivity contribution >= 4 is 27.3 Å². The number of benzene rings is 2. The van der Waals surface area contributed by atoms with E-state index in [0.29, 0.717) is 22.7 Å². The van der Waals surface area contributed by atoms with Gasteiger partial charge in [0, 0.05) is 11.6 Å². The lowest BCUT2D eigenvalue weighted by Crippen LogP contribution is -2.16. The van der Waals surface area contributed by atoms with Crippen LogP contribution in [0.3, 0.4) is 0 Å². The van der Waals surface area contributed by atoms with Gasteiger partial charge in [-0.2, -0.15) is 0 Å². The van der Waals surface area contributed by atoms with Gasteiger partial charge in [-0.1, -0.05) is 19.0 Å². The molecule has 0 atom stereocenters. The zero-order chi connectivity index (χ0) is 22.8. The number of sulfonamides is 1. The predicted octanol–water partition coefficient (Wildman–Crippen LogP) is 4.31. The molecule has 0 saturated carbocycles. The van der Waals surface area contributed by atoms with E-state index in [-0.39, 0.29) is 22.3 Å². The Kier molecular flexibility index (Phi) is 6.30. The molecular formula is C21H22FN3O5S. The lowest BCUT2D eigenvalue weighted by molar-refractivity contribution is 0.102. The van der Waals surface area contributed by atoms with E-state index in [9.17, 15) is 17.6 Å². The van der Waals surface area contributed by atoms with Crippen LogP contribution < -0.4 is 14.8 Å². The maximum atomic E-state index is 13.1. The molecule has 8 nitrogen and oxygen atoms in total. The number of methoxy groups -OCH3 is 1. The minimum atomic E-state index is -4.01. The highest BCUT2D eigenvalue weighted by molar-refractivity contribution is 7.92. The standard InChI is InChI=1S/C21H22FN3O5S/c1-12(2)20-19(13(3)24-30-20)21(26)23-15-7-10-18(29-4)17(11-15)25-31(27,28)16-8-5-14(22)6-9-16/h5-12,25H,1-4H3,(H,23,26). The normalized spacial score (nSPS) is 11.4. The van der Waals surface area contributed by atoms with Gasteiger partial charge < -0.3 is 14.6 Å². The molecule has 0 saturated heterocycles. The predicted molar refractivity (Wildman–Crippen MR) is 113 cm³/mol. The molecule has 0 fully saturated rings. The molecule has 1 heterocycles. The Hall–Kier alpha value is -3.40. The Morgan fingerprint density at radius 3 is 2.45 bits per heavy atom. The summed E-state index contributed by atoms with van der Waals surface area (Å²) < 4.78 is 51.3. The molecule has 0 spiro atoms. The average molecular weight is 447 g/mol. The summed E-state index contributed by atoms with van der Waals surface area (Å²) in [6, 6.07) is 8.92. The second kappa shape index (κ2) is 8.76. The molecule has 31 heavy (non-hydrogen) atoms. The van der Waals surface area contributed by atoms with Crippen LogP contribution in [0.1, 0.15) is 41.6 Å². The zero-order valence-electron chi connectivity index (χ0n) is 17.4. The topological polar surface area (TPSA) is 111 Å². The first kappa shape index (κ1) is 22.3. The maximum absolute atomic E-state index is 13.1. The first-order chi connectivity index (χ1) is 14.6. The van der Waals surface area contributed by atoms with E-state index in [0.717, 1.165) is 24.3 Å². The van der Waals surface area contributed by atoms with Crippen molar-refractivity contribution in [1.29, 1.82) is 0 Å². The van der Waals surface area contributed by atoms with Gasteiger partial charge in [0.15, 0.2) is 5.76 Å². The van der Waals surface area contributed by atoms with E-state index in [1.54, 1.807) is 13.0 Å². The van der Waals surface area contributed by atoms with Crippen LogP contribution >= 0.6 is 0 Å². The molecule has 164 valence electrons. The highest BCUT2D eigenvalue weighted by Gasteiger charge is 2.23. The van der Waals surface area contributed by atoms with Crippen LogP contribution in [0.25, 0.3) is 0 Å². The number of hydrogen-bond donors (Lipinski definition) is 2. The van der Waals surface area contributed by atoms with Crippen LogP contribution in [-0.2, 0) is 10.0 Å². The molecule has 0 bridgehead atoms. The fourth-order valence-electron chi connectivity index (χ4n) is 2.93. The number of halogens is 1. The number of rotatable bonds is 7. The van der Waals surface area contributed by atoms with Gasteiger partial charge >= 0.3 is 0 Å². The molecule has 0 radical (unpaired) electrons. The van der Waals surface area contributed by atoms with Gasteiger partial charge in [-0.15, -0.1) is 0 Å². The van der Waals surface area contributed by atoms with Crippen LogP contribution in [0, 0.1) is 12.7 Å². The SMILES string of the molecule is COc1ccc(NC(=O)c2c(C)noc2C(C)C)cc1NS(=O)(=O)c1ccc(F)cc1. The molecule has 0 aliphatic rings. The Labute approximate surface area is 179 Å². The van der Waals surface area contributed by atoms with Crippen molar-refractivity contribution in [3.05, 3.63) is 65.3 Å². The number of nitrogens with one attached hydrogen (secondary N) is 2. The van der Waals surface area contributed by atoms with Gasteiger partial charge in [-0.3, -0.25) is 9.52 Å². The van der Waals surface area contributed by atoms with Crippen molar-refractivity contribution in [3.8, 4) is 5.75 Å². The molecule has 1 aromatic heterocycles. The number of amides is 1. The highest BCUT2D eigenvalue weighted by Crippen LogP contribution is 2.31. The van der Waals surface area contributed by atoms with E-state index >= 15 is 0 Å². The summed E-state index contributed by atoms with van der Waals surface area (Å²) in [7, 11) is -2.62. The number of anilines is 2. The highest BCUT2D eigenvalue weighted by atomic mass is 32.2. The largest absolute Gasteiger partial charge is 0.495 e. The lowest BCUT2D eigenvalue weighted by Gasteiger charge is -2.14. The van der Waals surface area contributed by atoms with Crippen LogP contribution in [0.5, 0.6) is 5.75 Å². The summed E-state index contributed by atoms with van der Waals surface area (Å²) in [5.74, 6) is -0.324. The summed E-state index contributed by atoms with van der Waals surface area (Å²) in [5, 5.41) is 6.59. The van der Waals surface area contributed by atoms with Crippen molar-refractivity contribution in [2.75, 3.05) is 17.1 Å². The minimum Gasteiger partial charge on any atom is -0.495 e. The number of nitrogens with zero attached hydrogens (tertiary/aromatic N) is 1. The summed E-state index contributed by atoms with van der Waals surface area (Å²) >= 11 is 0. The molecule has 0 unspecified atom stereocenters. The molecular weight excluding hydrogens is 425 g/mol. The van der Waals surface area contributed by atoms with Gasteiger partial charge in [-0.25, -0.2) is 12.8 Å². The fourth-order valence-corrected chi connectivity index (χ4v) is 4.00. The Balaban J connectivity index is 1.90. The Morgan fingerprint density at radius 2 is 1.84 bits per heavy atom. The summed E-state index contributed by atoms with van der Waals surface area (Å²) in [6.45, 7) is 5.43. The first-order valence-corrected chi connectivity index (χ1v) is 10.8. The molecule has 3 aromatic rings. The average Bonchev–Trinajstić information content (AvgIpc) is 3.10. The molecule has 0 aliphatic heterocycles. The number of aromatic nitrogens is 1. The first-order valence-electron chi connectivity index (χ1n) is 9.36. The van der Waals surface area contributed by atoms with Crippen LogP contribution in [0.4, 0.5) is 15.8 Å². The lowest BCUT2D eigenvalue weighted by atomic mass is 10.0. The molecule has 10 heteroatoms. The van der Waals surface area contributed by atoms with E-state index in [1.807, 2.05) is 13.8 Å². The number of ether oxygens (including phenoxy) is 1. The third-order valence-corrected chi connectivity index (χ3v) is 5.85. The fraction of sp³-hybridized carbons (Fsp3) is 0.238. The molecule has 0 aliphatic carbocycles. The molecule has 1 amide bonds. The van der Waals surface area contributed by atoms with Gasteiger partial charge in [0.25, 0.3) is 15.9 Å².